The number of carbonyl (C=O) groups excluding carboxylic acids is 2. The molecule has 1 fully saturated rings. The number of benzene rings is 1. The molecule has 0 radical (unpaired) electrons. The number of aliphatic hydroxyl groups is 1. The van der Waals surface area contributed by atoms with Gasteiger partial charge in [-0.15, -0.1) is 0 Å². The monoisotopic (exact) mass is 401 g/mol. The number of nitrogens with one attached hydrogen (secondary N) is 1. The number of β-amino-alcohol motifs (C(OH)–C–C–N with tert-alkyl or cyclic N) is 1. The van der Waals surface area contributed by atoms with Gasteiger partial charge in [-0.05, 0) is 42.7 Å². The van der Waals surface area contributed by atoms with Gasteiger partial charge in [0.25, 0.3) is 0 Å². The molecule has 1 aliphatic rings. The number of methoxy groups -OCH3 is 1. The number of hydrogen-bond acceptors (Lipinski definition) is 7. The van der Waals surface area contributed by atoms with Crippen molar-refractivity contribution in [3.8, 4) is 5.75 Å². The predicted octanol–water partition coefficient (Wildman–Crippen LogP) is -0.328. The lowest BCUT2D eigenvalue weighted by Gasteiger charge is -2.38. The molecule has 6 N–H and O–H groups in total. The summed E-state index contributed by atoms with van der Waals surface area (Å²) < 4.78 is 5.29. The quantitative estimate of drug-likeness (QED) is 0.497. The maximum absolute atomic E-state index is 12.3. The Balaban J connectivity index is 1.64. The number of nitrogens with zero attached hydrogens (tertiary/aromatic N) is 2. The fourth-order valence-corrected chi connectivity index (χ4v) is 3.61. The first-order valence-corrected chi connectivity index (χ1v) is 9.51. The normalized spacial score (nSPS) is 17.6. The highest BCUT2D eigenvalue weighted by Gasteiger charge is 2.38. The molecule has 2 amide bonds. The van der Waals surface area contributed by atoms with Gasteiger partial charge in [-0.1, -0.05) is 0 Å². The Hall–Kier alpha value is -2.75. The number of aliphatic hydroxyl groups excluding tert-OH is 1. The second-order valence-electron chi connectivity index (χ2n) is 7.40. The molecule has 1 saturated heterocycles. The van der Waals surface area contributed by atoms with E-state index in [1.54, 1.807) is 19.4 Å². The number of rotatable bonds is 7. The van der Waals surface area contributed by atoms with E-state index in [4.69, 9.17) is 16.2 Å². The fraction of sp³-hybridized carbons (Fsp3) is 0.450. The van der Waals surface area contributed by atoms with E-state index in [9.17, 15) is 14.7 Å². The number of aromatic nitrogens is 1. The number of primary amides is 1. The van der Waals surface area contributed by atoms with Gasteiger partial charge in [0.1, 0.15) is 5.75 Å². The highest BCUT2D eigenvalue weighted by Crippen LogP contribution is 2.28. The minimum Gasteiger partial charge on any atom is -0.497 e. The van der Waals surface area contributed by atoms with Crippen molar-refractivity contribution in [2.75, 3.05) is 33.3 Å². The molecule has 0 spiro atoms. The van der Waals surface area contributed by atoms with E-state index in [1.165, 1.54) is 0 Å². The van der Waals surface area contributed by atoms with Crippen LogP contribution in [0.2, 0.25) is 0 Å². The zero-order chi connectivity index (χ0) is 21.0. The van der Waals surface area contributed by atoms with Gasteiger partial charge in [-0.2, -0.15) is 0 Å². The molecule has 1 aromatic heterocycles. The van der Waals surface area contributed by atoms with Crippen LogP contribution in [0, 0.1) is 0 Å². The Labute approximate surface area is 169 Å². The number of hydrogen-bond donors (Lipinski definition) is 4. The molecule has 2 aromatic rings. The number of piperidine rings is 1. The summed E-state index contributed by atoms with van der Waals surface area (Å²) in [5, 5.41) is 14.2. The summed E-state index contributed by atoms with van der Waals surface area (Å²) in [4.78, 5) is 29.5. The summed E-state index contributed by atoms with van der Waals surface area (Å²) in [7, 11) is 1.60. The van der Waals surface area contributed by atoms with E-state index in [0.29, 0.717) is 38.2 Å². The third-order valence-electron chi connectivity index (χ3n) is 5.40. The lowest BCUT2D eigenvalue weighted by atomic mass is 9.87. The molecule has 1 atom stereocenters. The van der Waals surface area contributed by atoms with Crippen molar-refractivity contribution in [2.45, 2.75) is 24.5 Å². The second kappa shape index (κ2) is 8.73. The van der Waals surface area contributed by atoms with Gasteiger partial charge >= 0.3 is 0 Å². The molecule has 1 aromatic carbocycles. The Morgan fingerprint density at radius 3 is 2.72 bits per heavy atom. The topological polar surface area (TPSA) is 144 Å². The average molecular weight is 401 g/mol. The van der Waals surface area contributed by atoms with Crippen LogP contribution in [0.25, 0.3) is 10.9 Å². The number of amides is 2. The predicted molar refractivity (Wildman–Crippen MR) is 108 cm³/mol. The van der Waals surface area contributed by atoms with Crippen molar-refractivity contribution >= 4 is 22.7 Å². The molecule has 0 aliphatic carbocycles. The van der Waals surface area contributed by atoms with Gasteiger partial charge in [0.2, 0.25) is 11.8 Å². The van der Waals surface area contributed by atoms with Gasteiger partial charge in [0.05, 0.1) is 30.8 Å². The summed E-state index contributed by atoms with van der Waals surface area (Å²) in [5.74, 6) is -0.278. The largest absolute Gasteiger partial charge is 0.497 e. The number of carbonyl (C=O) groups is 2. The molecule has 0 unspecified atom stereocenters. The van der Waals surface area contributed by atoms with E-state index in [0.717, 1.165) is 16.5 Å². The van der Waals surface area contributed by atoms with Gasteiger partial charge in [0.15, 0.2) is 0 Å². The number of fused-ring (bicyclic) bond motifs is 1. The molecule has 9 heteroatoms. The summed E-state index contributed by atoms with van der Waals surface area (Å²) >= 11 is 0. The van der Waals surface area contributed by atoms with E-state index < -0.39 is 17.6 Å². The number of likely N-dealkylation sites (tertiary alicyclic amines) is 1. The first-order chi connectivity index (χ1) is 13.8. The molecule has 2 heterocycles. The maximum atomic E-state index is 12.3. The van der Waals surface area contributed by atoms with Crippen LogP contribution in [0.1, 0.15) is 24.5 Å². The third-order valence-corrected chi connectivity index (χ3v) is 5.40. The van der Waals surface area contributed by atoms with Gasteiger partial charge < -0.3 is 31.5 Å². The standard InChI is InChI=1S/C20H27N5O4/c1-29-13-2-3-16-15(10-13)14(4-7-23-16)17(26)12-25-8-5-20(22,6-9-25)19(28)24-11-18(21)27/h2-4,7,10,17,26H,5-6,8-9,11-12,22H2,1H3,(H2,21,27)(H,24,28)/t17-/m0/s1. The molecule has 29 heavy (non-hydrogen) atoms. The van der Waals surface area contributed by atoms with Crippen LogP contribution < -0.4 is 21.5 Å². The minimum atomic E-state index is -1.03. The van der Waals surface area contributed by atoms with Crippen molar-refractivity contribution in [1.82, 2.24) is 15.2 Å². The zero-order valence-electron chi connectivity index (χ0n) is 16.4. The highest BCUT2D eigenvalue weighted by molar-refractivity contribution is 5.89. The van der Waals surface area contributed by atoms with Crippen LogP contribution in [-0.4, -0.2) is 65.6 Å². The van der Waals surface area contributed by atoms with Crippen LogP contribution >= 0.6 is 0 Å². The van der Waals surface area contributed by atoms with Gasteiger partial charge in [0, 0.05) is 31.2 Å². The van der Waals surface area contributed by atoms with Crippen molar-refractivity contribution in [1.29, 1.82) is 0 Å². The zero-order valence-corrected chi connectivity index (χ0v) is 16.4. The first-order valence-electron chi connectivity index (χ1n) is 9.51. The fourth-order valence-electron chi connectivity index (χ4n) is 3.61. The molecule has 9 nitrogen and oxygen atoms in total. The molecular weight excluding hydrogens is 374 g/mol. The van der Waals surface area contributed by atoms with Crippen LogP contribution in [-0.2, 0) is 9.59 Å². The van der Waals surface area contributed by atoms with Crippen LogP contribution in [0.5, 0.6) is 5.75 Å². The Bertz CT molecular complexity index is 896. The van der Waals surface area contributed by atoms with Crippen LogP contribution in [0.3, 0.4) is 0 Å². The highest BCUT2D eigenvalue weighted by atomic mass is 16.5. The molecule has 0 bridgehead atoms. The summed E-state index contributed by atoms with van der Waals surface area (Å²) in [6.07, 6.45) is 1.81. The first kappa shape index (κ1) is 21.0. The lowest BCUT2D eigenvalue weighted by molar-refractivity contribution is -0.130. The van der Waals surface area contributed by atoms with Crippen molar-refractivity contribution in [3.63, 3.8) is 0 Å². The molecule has 3 rings (SSSR count). The smallest absolute Gasteiger partial charge is 0.240 e. The third kappa shape index (κ3) is 4.81. The van der Waals surface area contributed by atoms with Gasteiger partial charge in [-0.3, -0.25) is 14.6 Å². The number of ether oxygens (including phenoxy) is 1. The Kier molecular flexibility index (Phi) is 6.31. The Morgan fingerprint density at radius 2 is 2.07 bits per heavy atom. The summed E-state index contributed by atoms with van der Waals surface area (Å²) in [6, 6.07) is 7.37. The molecular formula is C20H27N5O4. The summed E-state index contributed by atoms with van der Waals surface area (Å²) in [6.45, 7) is 1.31. The van der Waals surface area contributed by atoms with E-state index in [-0.39, 0.29) is 12.5 Å². The second-order valence-corrected chi connectivity index (χ2v) is 7.40. The molecule has 1 aliphatic heterocycles. The number of pyridine rings is 1. The van der Waals surface area contributed by atoms with E-state index in [2.05, 4.69) is 15.2 Å². The van der Waals surface area contributed by atoms with Crippen molar-refractivity contribution in [2.24, 2.45) is 11.5 Å². The lowest BCUT2D eigenvalue weighted by Crippen LogP contribution is -2.60. The van der Waals surface area contributed by atoms with Gasteiger partial charge in [-0.25, -0.2) is 0 Å². The van der Waals surface area contributed by atoms with Crippen LogP contribution in [0.15, 0.2) is 30.5 Å². The molecule has 156 valence electrons. The van der Waals surface area contributed by atoms with E-state index in [1.807, 2.05) is 18.2 Å². The van der Waals surface area contributed by atoms with Crippen LogP contribution in [0.4, 0.5) is 0 Å². The maximum Gasteiger partial charge on any atom is 0.240 e. The van der Waals surface area contributed by atoms with Crippen molar-refractivity contribution < 1.29 is 19.4 Å². The average Bonchev–Trinajstić information content (AvgIpc) is 2.72. The summed E-state index contributed by atoms with van der Waals surface area (Å²) in [5.41, 5.74) is 11.8. The van der Waals surface area contributed by atoms with E-state index >= 15 is 0 Å². The Morgan fingerprint density at radius 1 is 1.34 bits per heavy atom. The molecule has 0 saturated carbocycles. The number of nitrogens with two attached hydrogens (primary N) is 2. The minimum absolute atomic E-state index is 0.223. The van der Waals surface area contributed by atoms with Crippen molar-refractivity contribution in [3.05, 3.63) is 36.0 Å². The SMILES string of the molecule is COc1ccc2nccc([C@@H](O)CN3CCC(N)(C(=O)NCC(N)=O)CC3)c2c1.